The minimum atomic E-state index is 0.0494. The molecule has 0 amide bonds. The second kappa shape index (κ2) is 6.02. The first-order valence-corrected chi connectivity index (χ1v) is 6.76. The molecular weight excluding hydrogens is 198 g/mol. The second-order valence-electron chi connectivity index (χ2n) is 6.00. The maximum Gasteiger partial charge on any atom is 0.0673 e. The van der Waals surface area contributed by atoms with Gasteiger partial charge in [-0.1, -0.05) is 20.8 Å². The molecule has 0 bridgehead atoms. The number of rotatable bonds is 8. The minimum absolute atomic E-state index is 0.0494. The third-order valence-corrected chi connectivity index (χ3v) is 4.15. The molecule has 0 spiro atoms. The number of methoxy groups -OCH3 is 1. The Bertz CT molecular complexity index is 201. The van der Waals surface area contributed by atoms with Gasteiger partial charge in [0.25, 0.3) is 0 Å². The zero-order chi connectivity index (χ0) is 12.2. The average Bonchev–Trinajstić information content (AvgIpc) is 3.06. The van der Waals surface area contributed by atoms with Crippen molar-refractivity contribution < 1.29 is 4.74 Å². The van der Waals surface area contributed by atoms with Gasteiger partial charge in [-0.15, -0.1) is 0 Å². The summed E-state index contributed by atoms with van der Waals surface area (Å²) in [6, 6.07) is 0.835. The van der Waals surface area contributed by atoms with E-state index in [0.717, 1.165) is 18.4 Å². The largest absolute Gasteiger partial charge is 0.378 e. The molecule has 2 heteroatoms. The lowest BCUT2D eigenvalue weighted by Crippen LogP contribution is -2.35. The van der Waals surface area contributed by atoms with E-state index in [4.69, 9.17) is 4.74 Å². The topological polar surface area (TPSA) is 21.3 Å². The van der Waals surface area contributed by atoms with Crippen molar-refractivity contribution in [2.45, 2.75) is 65.0 Å². The summed E-state index contributed by atoms with van der Waals surface area (Å²) in [5.41, 5.74) is 0.0494. The van der Waals surface area contributed by atoms with Crippen LogP contribution in [0.5, 0.6) is 0 Å². The average molecular weight is 227 g/mol. The zero-order valence-corrected chi connectivity index (χ0v) is 11.7. The van der Waals surface area contributed by atoms with Gasteiger partial charge in [-0.3, -0.25) is 0 Å². The van der Waals surface area contributed by atoms with E-state index in [1.807, 2.05) is 7.11 Å². The highest BCUT2D eigenvalue weighted by Crippen LogP contribution is 2.28. The van der Waals surface area contributed by atoms with E-state index < -0.39 is 0 Å². The maximum absolute atomic E-state index is 5.67. The highest BCUT2D eigenvalue weighted by Gasteiger charge is 2.28. The minimum Gasteiger partial charge on any atom is -0.378 e. The summed E-state index contributed by atoms with van der Waals surface area (Å²) in [5, 5.41) is 3.60. The van der Waals surface area contributed by atoms with Crippen LogP contribution in [0.3, 0.4) is 0 Å². The Hall–Kier alpha value is -0.0800. The first kappa shape index (κ1) is 14.0. The first-order valence-electron chi connectivity index (χ1n) is 6.76. The van der Waals surface area contributed by atoms with Crippen LogP contribution in [-0.4, -0.2) is 25.3 Å². The SMILES string of the molecule is COC(C)(CCC(C)CNC1CC1)C(C)C. The zero-order valence-electron chi connectivity index (χ0n) is 11.7. The molecule has 1 aliphatic rings. The van der Waals surface area contributed by atoms with Gasteiger partial charge in [-0.05, 0) is 51.0 Å². The molecule has 0 saturated heterocycles. The molecule has 16 heavy (non-hydrogen) atoms. The Morgan fingerprint density at radius 2 is 1.94 bits per heavy atom. The van der Waals surface area contributed by atoms with Gasteiger partial charge in [0, 0.05) is 13.2 Å². The Morgan fingerprint density at radius 3 is 2.38 bits per heavy atom. The maximum atomic E-state index is 5.67. The molecular formula is C14H29NO. The molecule has 2 unspecified atom stereocenters. The fraction of sp³-hybridized carbons (Fsp3) is 1.00. The summed E-state index contributed by atoms with van der Waals surface area (Å²) in [4.78, 5) is 0. The van der Waals surface area contributed by atoms with E-state index in [1.54, 1.807) is 0 Å². The number of ether oxygens (including phenoxy) is 1. The van der Waals surface area contributed by atoms with E-state index in [2.05, 4.69) is 33.0 Å². The summed E-state index contributed by atoms with van der Waals surface area (Å²) < 4.78 is 5.67. The van der Waals surface area contributed by atoms with Gasteiger partial charge in [0.05, 0.1) is 5.60 Å². The van der Waals surface area contributed by atoms with Crippen molar-refractivity contribution in [3.63, 3.8) is 0 Å². The van der Waals surface area contributed by atoms with Crippen molar-refractivity contribution in [3.05, 3.63) is 0 Å². The van der Waals surface area contributed by atoms with Gasteiger partial charge < -0.3 is 10.1 Å². The Morgan fingerprint density at radius 1 is 1.31 bits per heavy atom. The van der Waals surface area contributed by atoms with E-state index in [0.29, 0.717) is 5.92 Å². The van der Waals surface area contributed by atoms with Gasteiger partial charge in [-0.2, -0.15) is 0 Å². The second-order valence-corrected chi connectivity index (χ2v) is 6.00. The fourth-order valence-corrected chi connectivity index (χ4v) is 1.92. The number of hydrogen-bond acceptors (Lipinski definition) is 2. The Balaban J connectivity index is 2.19. The van der Waals surface area contributed by atoms with Crippen molar-refractivity contribution in [3.8, 4) is 0 Å². The molecule has 0 heterocycles. The van der Waals surface area contributed by atoms with E-state index in [-0.39, 0.29) is 5.60 Å². The molecule has 0 aromatic heterocycles. The van der Waals surface area contributed by atoms with Gasteiger partial charge in [0.2, 0.25) is 0 Å². The van der Waals surface area contributed by atoms with Crippen molar-refractivity contribution in [1.82, 2.24) is 5.32 Å². The molecule has 1 rings (SSSR count). The molecule has 1 saturated carbocycles. The highest BCUT2D eigenvalue weighted by atomic mass is 16.5. The van der Waals surface area contributed by atoms with Crippen LogP contribution < -0.4 is 5.32 Å². The summed E-state index contributed by atoms with van der Waals surface area (Å²) in [6.07, 6.45) is 5.18. The van der Waals surface area contributed by atoms with E-state index in [1.165, 1.54) is 25.8 Å². The highest BCUT2D eigenvalue weighted by molar-refractivity contribution is 4.83. The Labute approximate surface area is 101 Å². The fourth-order valence-electron chi connectivity index (χ4n) is 1.92. The lowest BCUT2D eigenvalue weighted by atomic mass is 9.85. The molecule has 0 aromatic rings. The molecule has 2 atom stereocenters. The van der Waals surface area contributed by atoms with Crippen LogP contribution in [0.15, 0.2) is 0 Å². The van der Waals surface area contributed by atoms with Gasteiger partial charge in [-0.25, -0.2) is 0 Å². The van der Waals surface area contributed by atoms with Crippen LogP contribution in [0.4, 0.5) is 0 Å². The molecule has 0 radical (unpaired) electrons. The lowest BCUT2D eigenvalue weighted by molar-refractivity contribution is -0.0422. The quantitative estimate of drug-likeness (QED) is 0.687. The van der Waals surface area contributed by atoms with Crippen LogP contribution in [0.25, 0.3) is 0 Å². The van der Waals surface area contributed by atoms with Crippen LogP contribution in [-0.2, 0) is 4.74 Å². The monoisotopic (exact) mass is 227 g/mol. The van der Waals surface area contributed by atoms with Gasteiger partial charge in [0.15, 0.2) is 0 Å². The van der Waals surface area contributed by atoms with Gasteiger partial charge in [0.1, 0.15) is 0 Å². The van der Waals surface area contributed by atoms with Crippen LogP contribution in [0.1, 0.15) is 53.4 Å². The first-order chi connectivity index (χ1) is 7.48. The van der Waals surface area contributed by atoms with E-state index >= 15 is 0 Å². The van der Waals surface area contributed by atoms with Crippen LogP contribution in [0, 0.1) is 11.8 Å². The predicted molar refractivity (Wildman–Crippen MR) is 69.7 cm³/mol. The number of nitrogens with one attached hydrogen (secondary N) is 1. The molecule has 1 fully saturated rings. The smallest absolute Gasteiger partial charge is 0.0673 e. The Kier molecular flexibility index (Phi) is 5.26. The summed E-state index contributed by atoms with van der Waals surface area (Å²) in [7, 11) is 1.84. The molecule has 2 nitrogen and oxygen atoms in total. The van der Waals surface area contributed by atoms with Crippen LogP contribution in [0.2, 0.25) is 0 Å². The molecule has 1 aliphatic carbocycles. The van der Waals surface area contributed by atoms with E-state index in [9.17, 15) is 0 Å². The number of hydrogen-bond donors (Lipinski definition) is 1. The van der Waals surface area contributed by atoms with Crippen molar-refractivity contribution in [2.24, 2.45) is 11.8 Å². The molecule has 1 N–H and O–H groups in total. The van der Waals surface area contributed by atoms with Crippen LogP contribution >= 0.6 is 0 Å². The van der Waals surface area contributed by atoms with Crippen molar-refractivity contribution >= 4 is 0 Å². The van der Waals surface area contributed by atoms with Crippen molar-refractivity contribution in [1.29, 1.82) is 0 Å². The third-order valence-electron chi connectivity index (χ3n) is 4.15. The standard InChI is InChI=1S/C14H29NO/c1-11(2)14(4,16-5)9-8-12(3)10-15-13-6-7-13/h11-13,15H,6-10H2,1-5H3. The summed E-state index contributed by atoms with van der Waals surface area (Å²) in [6.45, 7) is 10.2. The summed E-state index contributed by atoms with van der Waals surface area (Å²) in [5.74, 6) is 1.34. The van der Waals surface area contributed by atoms with Gasteiger partial charge >= 0.3 is 0 Å². The van der Waals surface area contributed by atoms with Crippen molar-refractivity contribution in [2.75, 3.05) is 13.7 Å². The lowest BCUT2D eigenvalue weighted by Gasteiger charge is -2.33. The molecule has 0 aliphatic heterocycles. The molecule has 0 aromatic carbocycles. The normalized spacial score (nSPS) is 22.1. The predicted octanol–water partition coefficient (Wildman–Crippen LogP) is 3.22. The molecule has 96 valence electrons. The third kappa shape index (κ3) is 4.42. The summed E-state index contributed by atoms with van der Waals surface area (Å²) >= 11 is 0.